The Hall–Kier alpha value is -0.410. The minimum absolute atomic E-state index is 0.199. The molecule has 0 aliphatic carbocycles. The number of rotatable bonds is 3. The maximum absolute atomic E-state index is 12.9. The maximum atomic E-state index is 12.9. The van der Waals surface area contributed by atoms with Crippen molar-refractivity contribution in [2.75, 3.05) is 0 Å². The van der Waals surface area contributed by atoms with Crippen LogP contribution in [0.25, 0.3) is 0 Å². The van der Waals surface area contributed by atoms with Gasteiger partial charge in [0, 0.05) is 17.1 Å². The lowest BCUT2D eigenvalue weighted by atomic mass is 10.2. The summed E-state index contributed by atoms with van der Waals surface area (Å²) in [5.74, 6) is -0.199. The lowest BCUT2D eigenvalue weighted by molar-refractivity contribution is 0.581. The first-order chi connectivity index (χ1) is 6.08. The van der Waals surface area contributed by atoms with E-state index < -0.39 is 0 Å². The summed E-state index contributed by atoms with van der Waals surface area (Å²) in [6.07, 6.45) is 0. The molecule has 3 heteroatoms. The van der Waals surface area contributed by atoms with E-state index in [1.807, 2.05) is 6.07 Å². The fourth-order valence-electron chi connectivity index (χ4n) is 1.03. The van der Waals surface area contributed by atoms with Crippen LogP contribution in [0.1, 0.15) is 19.4 Å². The van der Waals surface area contributed by atoms with Crippen molar-refractivity contribution in [2.45, 2.75) is 26.4 Å². The van der Waals surface area contributed by atoms with E-state index in [4.69, 9.17) is 0 Å². The second-order valence-electron chi connectivity index (χ2n) is 3.31. The highest BCUT2D eigenvalue weighted by atomic mass is 79.9. The van der Waals surface area contributed by atoms with E-state index in [9.17, 15) is 4.39 Å². The molecule has 13 heavy (non-hydrogen) atoms. The highest BCUT2D eigenvalue weighted by molar-refractivity contribution is 9.10. The molecule has 0 saturated carbocycles. The minimum Gasteiger partial charge on any atom is -0.310 e. The Morgan fingerprint density at radius 2 is 2.08 bits per heavy atom. The van der Waals surface area contributed by atoms with E-state index in [1.54, 1.807) is 6.07 Å². The Balaban J connectivity index is 2.66. The number of hydrogen-bond donors (Lipinski definition) is 1. The van der Waals surface area contributed by atoms with Crippen molar-refractivity contribution in [1.29, 1.82) is 0 Å². The predicted octanol–water partition coefficient (Wildman–Crippen LogP) is 3.09. The molecule has 1 N–H and O–H groups in total. The fraction of sp³-hybridized carbons (Fsp3) is 0.400. The number of benzene rings is 1. The molecule has 0 aliphatic heterocycles. The van der Waals surface area contributed by atoms with Gasteiger partial charge in [0.15, 0.2) is 0 Å². The van der Waals surface area contributed by atoms with E-state index in [0.29, 0.717) is 12.6 Å². The van der Waals surface area contributed by atoms with E-state index in [0.717, 1.165) is 10.0 Å². The van der Waals surface area contributed by atoms with Crippen molar-refractivity contribution in [2.24, 2.45) is 0 Å². The Bertz CT molecular complexity index is 266. The molecule has 0 fully saturated rings. The highest BCUT2D eigenvalue weighted by Crippen LogP contribution is 2.14. The zero-order chi connectivity index (χ0) is 9.84. The standard InChI is InChI=1S/C10H13BrFN/c1-7(2)13-6-8-3-9(11)5-10(12)4-8/h3-5,7,13H,6H2,1-2H3. The van der Waals surface area contributed by atoms with Crippen LogP contribution in [0.5, 0.6) is 0 Å². The smallest absolute Gasteiger partial charge is 0.124 e. The molecule has 0 radical (unpaired) electrons. The number of halogens is 2. The first-order valence-electron chi connectivity index (χ1n) is 4.26. The summed E-state index contributed by atoms with van der Waals surface area (Å²) >= 11 is 3.25. The van der Waals surface area contributed by atoms with Crippen molar-refractivity contribution in [3.05, 3.63) is 34.1 Å². The Morgan fingerprint density at radius 3 is 2.62 bits per heavy atom. The van der Waals surface area contributed by atoms with Gasteiger partial charge in [-0.1, -0.05) is 29.8 Å². The Labute approximate surface area is 86.5 Å². The van der Waals surface area contributed by atoms with Crippen LogP contribution >= 0.6 is 15.9 Å². The van der Waals surface area contributed by atoms with Crippen LogP contribution in [0.3, 0.4) is 0 Å². The topological polar surface area (TPSA) is 12.0 Å². The van der Waals surface area contributed by atoms with Gasteiger partial charge in [-0.3, -0.25) is 0 Å². The molecule has 72 valence electrons. The average molecular weight is 246 g/mol. The molecular weight excluding hydrogens is 233 g/mol. The summed E-state index contributed by atoms with van der Waals surface area (Å²) in [5.41, 5.74) is 0.959. The van der Waals surface area contributed by atoms with Crippen LogP contribution < -0.4 is 5.32 Å². The van der Waals surface area contributed by atoms with Gasteiger partial charge in [0.05, 0.1) is 0 Å². The zero-order valence-corrected chi connectivity index (χ0v) is 9.36. The molecule has 0 heterocycles. The van der Waals surface area contributed by atoms with E-state index in [2.05, 4.69) is 35.1 Å². The van der Waals surface area contributed by atoms with Gasteiger partial charge in [0.1, 0.15) is 5.82 Å². The quantitative estimate of drug-likeness (QED) is 0.864. The molecule has 1 aromatic carbocycles. The summed E-state index contributed by atoms with van der Waals surface area (Å²) in [7, 11) is 0. The molecule has 0 aromatic heterocycles. The van der Waals surface area contributed by atoms with Crippen molar-refractivity contribution in [1.82, 2.24) is 5.32 Å². The zero-order valence-electron chi connectivity index (χ0n) is 7.77. The third-order valence-electron chi connectivity index (χ3n) is 1.64. The van der Waals surface area contributed by atoms with Gasteiger partial charge in [-0.25, -0.2) is 4.39 Å². The first kappa shape index (κ1) is 10.7. The van der Waals surface area contributed by atoms with Crippen LogP contribution in [0, 0.1) is 5.82 Å². The number of hydrogen-bond acceptors (Lipinski definition) is 1. The monoisotopic (exact) mass is 245 g/mol. The van der Waals surface area contributed by atoms with E-state index >= 15 is 0 Å². The van der Waals surface area contributed by atoms with E-state index in [-0.39, 0.29) is 5.82 Å². The van der Waals surface area contributed by atoms with Gasteiger partial charge in [-0.05, 0) is 23.8 Å². The predicted molar refractivity (Wildman–Crippen MR) is 56.1 cm³/mol. The SMILES string of the molecule is CC(C)NCc1cc(F)cc(Br)c1. The van der Waals surface area contributed by atoms with Crippen molar-refractivity contribution in [3.63, 3.8) is 0 Å². The summed E-state index contributed by atoms with van der Waals surface area (Å²) < 4.78 is 13.7. The molecule has 0 bridgehead atoms. The molecule has 0 atom stereocenters. The largest absolute Gasteiger partial charge is 0.310 e. The lowest BCUT2D eigenvalue weighted by Gasteiger charge is -2.08. The summed E-state index contributed by atoms with van der Waals surface area (Å²) in [4.78, 5) is 0. The molecule has 0 spiro atoms. The van der Waals surface area contributed by atoms with Crippen LogP contribution in [0.2, 0.25) is 0 Å². The third-order valence-corrected chi connectivity index (χ3v) is 2.09. The third kappa shape index (κ3) is 3.87. The first-order valence-corrected chi connectivity index (χ1v) is 5.05. The molecular formula is C10H13BrFN. The van der Waals surface area contributed by atoms with Crippen molar-refractivity contribution < 1.29 is 4.39 Å². The van der Waals surface area contributed by atoms with Gasteiger partial charge in [-0.15, -0.1) is 0 Å². The van der Waals surface area contributed by atoms with Crippen LogP contribution in [-0.2, 0) is 6.54 Å². The van der Waals surface area contributed by atoms with Gasteiger partial charge in [0.2, 0.25) is 0 Å². The Kier molecular flexibility index (Phi) is 3.88. The van der Waals surface area contributed by atoms with Crippen LogP contribution in [-0.4, -0.2) is 6.04 Å². The van der Waals surface area contributed by atoms with Crippen LogP contribution in [0.15, 0.2) is 22.7 Å². The van der Waals surface area contributed by atoms with E-state index in [1.165, 1.54) is 6.07 Å². The molecule has 0 amide bonds. The van der Waals surface area contributed by atoms with Gasteiger partial charge >= 0.3 is 0 Å². The van der Waals surface area contributed by atoms with Crippen molar-refractivity contribution >= 4 is 15.9 Å². The molecule has 1 nitrogen and oxygen atoms in total. The molecule has 0 unspecified atom stereocenters. The minimum atomic E-state index is -0.199. The molecule has 1 rings (SSSR count). The van der Waals surface area contributed by atoms with Gasteiger partial charge in [-0.2, -0.15) is 0 Å². The summed E-state index contributed by atoms with van der Waals surface area (Å²) in [6.45, 7) is 4.83. The second-order valence-corrected chi connectivity index (χ2v) is 4.23. The van der Waals surface area contributed by atoms with Gasteiger partial charge < -0.3 is 5.32 Å². The van der Waals surface area contributed by atoms with Gasteiger partial charge in [0.25, 0.3) is 0 Å². The van der Waals surface area contributed by atoms with Crippen LogP contribution in [0.4, 0.5) is 4.39 Å². The average Bonchev–Trinajstić information content (AvgIpc) is 1.99. The molecule has 1 aromatic rings. The Morgan fingerprint density at radius 1 is 1.38 bits per heavy atom. The van der Waals surface area contributed by atoms with Crippen molar-refractivity contribution in [3.8, 4) is 0 Å². The second kappa shape index (κ2) is 4.72. The summed E-state index contributed by atoms with van der Waals surface area (Å²) in [6, 6.07) is 5.33. The lowest BCUT2D eigenvalue weighted by Crippen LogP contribution is -2.21. The summed E-state index contributed by atoms with van der Waals surface area (Å²) in [5, 5.41) is 3.23. The highest BCUT2D eigenvalue weighted by Gasteiger charge is 1.99. The molecule has 0 aliphatic rings. The maximum Gasteiger partial charge on any atom is 0.124 e. The fourth-order valence-corrected chi connectivity index (χ4v) is 1.55. The number of nitrogens with one attached hydrogen (secondary N) is 1. The molecule has 0 saturated heterocycles. The normalized spacial score (nSPS) is 10.8.